The van der Waals surface area contributed by atoms with Gasteiger partial charge in [-0.1, -0.05) is 35.3 Å². The molecule has 0 spiro atoms. The second kappa shape index (κ2) is 9.12. The van der Waals surface area contributed by atoms with Crippen LogP contribution in [0.3, 0.4) is 0 Å². The molecular weight excluding hydrogens is 375 g/mol. The number of benzene rings is 2. The van der Waals surface area contributed by atoms with E-state index in [2.05, 4.69) is 5.32 Å². The summed E-state index contributed by atoms with van der Waals surface area (Å²) in [6.07, 6.45) is 0. The molecule has 5 nitrogen and oxygen atoms in total. The van der Waals surface area contributed by atoms with Crippen LogP contribution in [-0.2, 0) is 11.3 Å². The van der Waals surface area contributed by atoms with Gasteiger partial charge in [-0.15, -0.1) is 0 Å². The Morgan fingerprint density at radius 3 is 2.50 bits per heavy atom. The van der Waals surface area contributed by atoms with Gasteiger partial charge in [0.15, 0.2) is 11.5 Å². The van der Waals surface area contributed by atoms with Gasteiger partial charge >= 0.3 is 0 Å². The molecule has 0 bridgehead atoms. The number of methoxy groups -OCH3 is 2. The van der Waals surface area contributed by atoms with Gasteiger partial charge in [0.2, 0.25) is 5.91 Å². The van der Waals surface area contributed by atoms with E-state index in [4.69, 9.17) is 32.7 Å². The fraction of sp³-hybridized carbons (Fsp3) is 0.316. The molecule has 0 saturated carbocycles. The minimum absolute atomic E-state index is 0.141. The van der Waals surface area contributed by atoms with Crippen molar-refractivity contribution < 1.29 is 14.3 Å². The lowest BCUT2D eigenvalue weighted by atomic mass is 10.1. The first-order chi connectivity index (χ1) is 12.4. The van der Waals surface area contributed by atoms with Crippen molar-refractivity contribution >= 4 is 34.8 Å². The van der Waals surface area contributed by atoms with E-state index in [1.54, 1.807) is 38.5 Å². The normalized spacial score (nSPS) is 12.0. The molecule has 0 heterocycles. The first kappa shape index (κ1) is 20.4. The van der Waals surface area contributed by atoms with Crippen LogP contribution in [0.2, 0.25) is 10.0 Å². The largest absolute Gasteiger partial charge is 0.493 e. The summed E-state index contributed by atoms with van der Waals surface area (Å²) in [6.45, 7) is 2.33. The highest BCUT2D eigenvalue weighted by Crippen LogP contribution is 2.30. The highest BCUT2D eigenvalue weighted by molar-refractivity contribution is 6.42. The number of ether oxygens (including phenoxy) is 2. The van der Waals surface area contributed by atoms with Crippen LogP contribution < -0.4 is 14.8 Å². The molecule has 0 radical (unpaired) electrons. The monoisotopic (exact) mass is 396 g/mol. The Bertz CT molecular complexity index is 783. The Kier molecular flexibility index (Phi) is 7.14. The lowest BCUT2D eigenvalue weighted by molar-refractivity contribution is -0.120. The lowest BCUT2D eigenvalue weighted by Crippen LogP contribution is -2.39. The van der Waals surface area contributed by atoms with Gasteiger partial charge in [0.1, 0.15) is 0 Å². The molecule has 7 heteroatoms. The summed E-state index contributed by atoms with van der Waals surface area (Å²) >= 11 is 12.3. The molecule has 1 unspecified atom stereocenters. The Hall–Kier alpha value is -1.95. The van der Waals surface area contributed by atoms with Crippen LogP contribution in [0.25, 0.3) is 0 Å². The predicted molar refractivity (Wildman–Crippen MR) is 106 cm³/mol. The molecule has 0 aliphatic rings. The van der Waals surface area contributed by atoms with Crippen LogP contribution in [0.5, 0.6) is 11.5 Å². The molecular formula is C19H22Cl2N2O3. The van der Waals surface area contributed by atoms with E-state index in [1.165, 1.54) is 0 Å². The smallest absolute Gasteiger partial charge is 0.241 e. The van der Waals surface area contributed by atoms with Crippen molar-refractivity contribution in [1.82, 2.24) is 4.90 Å². The molecule has 0 aliphatic carbocycles. The van der Waals surface area contributed by atoms with E-state index in [0.717, 1.165) is 5.56 Å². The van der Waals surface area contributed by atoms with Gasteiger partial charge < -0.3 is 14.8 Å². The third kappa shape index (κ3) is 4.81. The lowest BCUT2D eigenvalue weighted by Gasteiger charge is -2.24. The van der Waals surface area contributed by atoms with Gasteiger partial charge in [0.05, 0.1) is 30.3 Å². The fourth-order valence-corrected chi connectivity index (χ4v) is 2.82. The number of hydrogen-bond acceptors (Lipinski definition) is 4. The van der Waals surface area contributed by atoms with Crippen molar-refractivity contribution in [2.45, 2.75) is 19.5 Å². The Morgan fingerprint density at radius 1 is 1.15 bits per heavy atom. The summed E-state index contributed by atoms with van der Waals surface area (Å²) in [4.78, 5) is 14.5. The summed E-state index contributed by atoms with van der Waals surface area (Å²) in [6, 6.07) is 10.3. The number of anilines is 1. The average molecular weight is 397 g/mol. The molecule has 2 aromatic carbocycles. The van der Waals surface area contributed by atoms with Crippen LogP contribution in [0, 0.1) is 0 Å². The number of likely N-dealkylation sites (N-methyl/N-ethyl adjacent to an activating group) is 1. The van der Waals surface area contributed by atoms with Crippen molar-refractivity contribution in [1.29, 1.82) is 0 Å². The van der Waals surface area contributed by atoms with Crippen molar-refractivity contribution in [2.75, 3.05) is 26.6 Å². The third-order valence-electron chi connectivity index (χ3n) is 4.14. The number of rotatable bonds is 7. The zero-order valence-electron chi connectivity index (χ0n) is 15.2. The van der Waals surface area contributed by atoms with E-state index in [9.17, 15) is 4.79 Å². The van der Waals surface area contributed by atoms with Crippen molar-refractivity contribution in [3.63, 3.8) is 0 Å². The first-order valence-corrected chi connectivity index (χ1v) is 8.79. The van der Waals surface area contributed by atoms with E-state index in [1.807, 2.05) is 31.0 Å². The van der Waals surface area contributed by atoms with Gasteiger partial charge in [-0.25, -0.2) is 0 Å². The number of halogens is 2. The highest BCUT2D eigenvalue weighted by atomic mass is 35.5. The van der Waals surface area contributed by atoms with Crippen LogP contribution in [0.15, 0.2) is 36.4 Å². The molecule has 1 amide bonds. The van der Waals surface area contributed by atoms with E-state index in [0.29, 0.717) is 33.8 Å². The van der Waals surface area contributed by atoms with Crippen molar-refractivity contribution in [3.05, 3.63) is 52.0 Å². The first-order valence-electron chi connectivity index (χ1n) is 8.03. The average Bonchev–Trinajstić information content (AvgIpc) is 2.64. The summed E-state index contributed by atoms with van der Waals surface area (Å²) in [7, 11) is 4.97. The maximum Gasteiger partial charge on any atom is 0.241 e. The van der Waals surface area contributed by atoms with Crippen molar-refractivity contribution in [3.8, 4) is 11.5 Å². The number of hydrogen-bond donors (Lipinski definition) is 1. The summed E-state index contributed by atoms with van der Waals surface area (Å²) in [5.41, 5.74) is 1.50. The third-order valence-corrected chi connectivity index (χ3v) is 5.00. The predicted octanol–water partition coefficient (Wildman–Crippen LogP) is 4.47. The molecule has 0 aromatic heterocycles. The molecule has 0 saturated heterocycles. The van der Waals surface area contributed by atoms with Gasteiger partial charge in [-0.2, -0.15) is 0 Å². The molecule has 0 fully saturated rings. The van der Waals surface area contributed by atoms with Gasteiger partial charge in [0, 0.05) is 18.3 Å². The molecule has 1 N–H and O–H groups in total. The quantitative estimate of drug-likeness (QED) is 0.749. The Labute approximate surface area is 163 Å². The number of carbonyl (C=O) groups excluding carboxylic acids is 1. The second-order valence-corrected chi connectivity index (χ2v) is 6.65. The standard InChI is InChI=1S/C19H22Cl2N2O3/c1-12(23(2)11-13-6-5-7-15(20)18(13)21)19(24)22-14-8-9-16(25-3)17(10-14)26-4/h5-10,12H,11H2,1-4H3,(H,22,24). The van der Waals surface area contributed by atoms with Crippen LogP contribution in [-0.4, -0.2) is 38.1 Å². The molecule has 26 heavy (non-hydrogen) atoms. The number of amides is 1. The number of carbonyl (C=O) groups is 1. The Morgan fingerprint density at radius 2 is 1.85 bits per heavy atom. The zero-order valence-corrected chi connectivity index (χ0v) is 16.7. The van der Waals surface area contributed by atoms with E-state index < -0.39 is 0 Å². The van der Waals surface area contributed by atoms with Crippen LogP contribution >= 0.6 is 23.2 Å². The van der Waals surface area contributed by atoms with Crippen LogP contribution in [0.1, 0.15) is 12.5 Å². The molecule has 2 aromatic rings. The highest BCUT2D eigenvalue weighted by Gasteiger charge is 2.20. The summed E-state index contributed by atoms with van der Waals surface area (Å²) in [5, 5.41) is 3.89. The topological polar surface area (TPSA) is 50.8 Å². The van der Waals surface area contributed by atoms with Crippen LogP contribution in [0.4, 0.5) is 5.69 Å². The SMILES string of the molecule is COc1ccc(NC(=O)C(C)N(C)Cc2cccc(Cl)c2Cl)cc1OC. The minimum atomic E-state index is -0.377. The maximum atomic E-state index is 12.6. The summed E-state index contributed by atoms with van der Waals surface area (Å²) in [5.74, 6) is 1.01. The summed E-state index contributed by atoms with van der Waals surface area (Å²) < 4.78 is 10.5. The molecule has 140 valence electrons. The second-order valence-electron chi connectivity index (χ2n) is 5.86. The molecule has 2 rings (SSSR count). The molecule has 1 atom stereocenters. The Balaban J connectivity index is 2.05. The minimum Gasteiger partial charge on any atom is -0.493 e. The zero-order chi connectivity index (χ0) is 19.3. The molecule has 0 aliphatic heterocycles. The fourth-order valence-electron chi connectivity index (χ4n) is 2.44. The maximum absolute atomic E-state index is 12.6. The van der Waals surface area contributed by atoms with Gasteiger partial charge in [0.25, 0.3) is 0 Å². The van der Waals surface area contributed by atoms with Crippen molar-refractivity contribution in [2.24, 2.45) is 0 Å². The number of nitrogens with zero attached hydrogens (tertiary/aromatic N) is 1. The number of nitrogens with one attached hydrogen (secondary N) is 1. The van der Waals surface area contributed by atoms with Gasteiger partial charge in [-0.05, 0) is 37.7 Å². The van der Waals surface area contributed by atoms with Gasteiger partial charge in [-0.3, -0.25) is 9.69 Å². The van der Waals surface area contributed by atoms with E-state index >= 15 is 0 Å². The van der Waals surface area contributed by atoms with E-state index in [-0.39, 0.29) is 11.9 Å².